The number of rotatable bonds is 5. The predicted octanol–water partition coefficient (Wildman–Crippen LogP) is 4.82. The summed E-state index contributed by atoms with van der Waals surface area (Å²) in [7, 11) is 0. The van der Waals surface area contributed by atoms with Gasteiger partial charge in [0, 0.05) is 6.54 Å². The summed E-state index contributed by atoms with van der Waals surface area (Å²) in [6, 6.07) is 10.7. The van der Waals surface area contributed by atoms with Crippen molar-refractivity contribution in [3.8, 4) is 11.5 Å². The Morgan fingerprint density at radius 2 is 1.67 bits per heavy atom. The molecule has 2 aromatic rings. The number of benzene rings is 2. The molecule has 0 aliphatic rings. The van der Waals surface area contributed by atoms with Crippen LogP contribution in [0.15, 0.2) is 30.3 Å². The van der Waals surface area contributed by atoms with Gasteiger partial charge in [0.05, 0.1) is 0 Å². The highest BCUT2D eigenvalue weighted by atomic mass is 16.5. The van der Waals surface area contributed by atoms with Gasteiger partial charge in [0.2, 0.25) is 0 Å². The van der Waals surface area contributed by atoms with E-state index in [1.165, 1.54) is 27.8 Å². The molecule has 2 aromatic carbocycles. The van der Waals surface area contributed by atoms with E-state index in [9.17, 15) is 0 Å². The first kappa shape index (κ1) is 15.6. The maximum atomic E-state index is 6.14. The largest absolute Gasteiger partial charge is 0.457 e. The molecule has 2 rings (SSSR count). The van der Waals surface area contributed by atoms with Crippen LogP contribution >= 0.6 is 0 Å². The molecular formula is C19H25NO. The Labute approximate surface area is 128 Å². The summed E-state index contributed by atoms with van der Waals surface area (Å²) < 4.78 is 6.14. The number of hydrogen-bond donors (Lipinski definition) is 1. The number of nitrogens with one attached hydrogen (secondary N) is 1. The molecular weight excluding hydrogens is 258 g/mol. The van der Waals surface area contributed by atoms with Crippen molar-refractivity contribution >= 4 is 0 Å². The summed E-state index contributed by atoms with van der Waals surface area (Å²) in [5, 5.41) is 3.34. The Morgan fingerprint density at radius 1 is 0.905 bits per heavy atom. The quantitative estimate of drug-likeness (QED) is 0.849. The Bertz CT molecular complexity index is 632. The molecule has 0 amide bonds. The first-order valence-corrected chi connectivity index (χ1v) is 7.57. The maximum Gasteiger partial charge on any atom is 0.130 e. The molecule has 0 aliphatic carbocycles. The monoisotopic (exact) mass is 283 g/mol. The summed E-state index contributed by atoms with van der Waals surface area (Å²) in [4.78, 5) is 0. The van der Waals surface area contributed by atoms with Crippen LogP contribution in [-0.4, -0.2) is 6.54 Å². The molecule has 0 bridgehead atoms. The predicted molar refractivity (Wildman–Crippen MR) is 89.3 cm³/mol. The lowest BCUT2D eigenvalue weighted by Gasteiger charge is -2.14. The van der Waals surface area contributed by atoms with Gasteiger partial charge in [0.25, 0.3) is 0 Å². The molecule has 0 aliphatic heterocycles. The van der Waals surface area contributed by atoms with Crippen molar-refractivity contribution in [3.63, 3.8) is 0 Å². The van der Waals surface area contributed by atoms with Crippen molar-refractivity contribution in [3.05, 3.63) is 58.1 Å². The van der Waals surface area contributed by atoms with Crippen molar-refractivity contribution in [1.82, 2.24) is 5.32 Å². The number of ether oxygens (including phenoxy) is 1. The van der Waals surface area contributed by atoms with Crippen molar-refractivity contribution in [2.75, 3.05) is 6.54 Å². The fraction of sp³-hybridized carbons (Fsp3) is 0.368. The van der Waals surface area contributed by atoms with Crippen molar-refractivity contribution in [2.24, 2.45) is 0 Å². The molecule has 0 heterocycles. The second kappa shape index (κ2) is 6.77. The van der Waals surface area contributed by atoms with E-state index in [4.69, 9.17) is 4.74 Å². The van der Waals surface area contributed by atoms with Crippen LogP contribution in [0.25, 0.3) is 0 Å². The van der Waals surface area contributed by atoms with Crippen LogP contribution in [0.3, 0.4) is 0 Å². The first-order valence-electron chi connectivity index (χ1n) is 7.57. The lowest BCUT2D eigenvalue weighted by Crippen LogP contribution is -2.11. The van der Waals surface area contributed by atoms with Crippen molar-refractivity contribution < 1.29 is 4.74 Å². The van der Waals surface area contributed by atoms with E-state index in [2.05, 4.69) is 70.3 Å². The first-order chi connectivity index (χ1) is 10.0. The number of aryl methyl sites for hydroxylation is 3. The molecule has 1 N–H and O–H groups in total. The van der Waals surface area contributed by atoms with Crippen LogP contribution in [0.2, 0.25) is 0 Å². The summed E-state index contributed by atoms with van der Waals surface area (Å²) in [5.74, 6) is 1.89. The molecule has 0 atom stereocenters. The van der Waals surface area contributed by atoms with Gasteiger partial charge in [-0.1, -0.05) is 25.1 Å². The summed E-state index contributed by atoms with van der Waals surface area (Å²) in [6.07, 6.45) is 0. The van der Waals surface area contributed by atoms with Gasteiger partial charge in [0.1, 0.15) is 11.5 Å². The van der Waals surface area contributed by atoms with Gasteiger partial charge < -0.3 is 10.1 Å². The molecule has 0 aromatic heterocycles. The zero-order valence-electron chi connectivity index (χ0n) is 13.7. The standard InChI is InChI=1S/C19H25NO/c1-6-20-12-17-7-8-18(15(4)11-17)21-19-10-13(2)9-14(3)16(19)5/h7-11,20H,6,12H2,1-5H3. The molecule has 21 heavy (non-hydrogen) atoms. The normalized spacial score (nSPS) is 10.7. The van der Waals surface area contributed by atoms with E-state index in [0.29, 0.717) is 0 Å². The summed E-state index contributed by atoms with van der Waals surface area (Å²) in [5.41, 5.74) is 6.17. The minimum atomic E-state index is 0.903. The van der Waals surface area contributed by atoms with Gasteiger partial charge >= 0.3 is 0 Å². The van der Waals surface area contributed by atoms with Gasteiger partial charge in [-0.25, -0.2) is 0 Å². The topological polar surface area (TPSA) is 21.3 Å². The Kier molecular flexibility index (Phi) is 5.03. The lowest BCUT2D eigenvalue weighted by molar-refractivity contribution is 0.474. The van der Waals surface area contributed by atoms with E-state index < -0.39 is 0 Å². The smallest absolute Gasteiger partial charge is 0.130 e. The van der Waals surface area contributed by atoms with Gasteiger partial charge in [-0.05, 0) is 74.2 Å². The fourth-order valence-electron chi connectivity index (χ4n) is 2.43. The Morgan fingerprint density at radius 3 is 2.33 bits per heavy atom. The van der Waals surface area contributed by atoms with Crippen LogP contribution in [0.1, 0.15) is 34.7 Å². The summed E-state index contributed by atoms with van der Waals surface area (Å²) >= 11 is 0. The molecule has 112 valence electrons. The lowest BCUT2D eigenvalue weighted by atomic mass is 10.1. The van der Waals surface area contributed by atoms with E-state index >= 15 is 0 Å². The third-order valence-corrected chi connectivity index (χ3v) is 3.80. The highest BCUT2D eigenvalue weighted by Gasteiger charge is 2.08. The fourth-order valence-corrected chi connectivity index (χ4v) is 2.43. The molecule has 0 spiro atoms. The Hall–Kier alpha value is -1.80. The zero-order chi connectivity index (χ0) is 15.4. The summed E-state index contributed by atoms with van der Waals surface area (Å²) in [6.45, 7) is 12.4. The van der Waals surface area contributed by atoms with Crippen LogP contribution in [0, 0.1) is 27.7 Å². The molecule has 2 heteroatoms. The molecule has 0 fully saturated rings. The SMILES string of the molecule is CCNCc1ccc(Oc2cc(C)cc(C)c2C)c(C)c1. The minimum Gasteiger partial charge on any atom is -0.457 e. The van der Waals surface area contributed by atoms with Gasteiger partial charge in [0.15, 0.2) is 0 Å². The van der Waals surface area contributed by atoms with Crippen LogP contribution in [0.5, 0.6) is 11.5 Å². The molecule has 0 unspecified atom stereocenters. The highest BCUT2D eigenvalue weighted by molar-refractivity contribution is 5.46. The minimum absolute atomic E-state index is 0.903. The van der Waals surface area contributed by atoms with Gasteiger partial charge in [-0.15, -0.1) is 0 Å². The van der Waals surface area contributed by atoms with Gasteiger partial charge in [-0.3, -0.25) is 0 Å². The van der Waals surface area contributed by atoms with Crippen LogP contribution in [-0.2, 0) is 6.54 Å². The van der Waals surface area contributed by atoms with E-state index in [-0.39, 0.29) is 0 Å². The molecule has 0 saturated heterocycles. The van der Waals surface area contributed by atoms with E-state index in [1.54, 1.807) is 0 Å². The van der Waals surface area contributed by atoms with Gasteiger partial charge in [-0.2, -0.15) is 0 Å². The molecule has 0 saturated carbocycles. The highest BCUT2D eigenvalue weighted by Crippen LogP contribution is 2.30. The van der Waals surface area contributed by atoms with Crippen LogP contribution in [0.4, 0.5) is 0 Å². The third kappa shape index (κ3) is 3.85. The molecule has 2 nitrogen and oxygen atoms in total. The van der Waals surface area contributed by atoms with E-state index in [1.807, 2.05) is 0 Å². The van der Waals surface area contributed by atoms with Crippen molar-refractivity contribution in [2.45, 2.75) is 41.2 Å². The Balaban J connectivity index is 2.24. The van der Waals surface area contributed by atoms with Crippen molar-refractivity contribution in [1.29, 1.82) is 0 Å². The second-order valence-corrected chi connectivity index (χ2v) is 5.69. The zero-order valence-corrected chi connectivity index (χ0v) is 13.7. The van der Waals surface area contributed by atoms with Crippen LogP contribution < -0.4 is 10.1 Å². The average molecular weight is 283 g/mol. The second-order valence-electron chi connectivity index (χ2n) is 5.69. The number of hydrogen-bond acceptors (Lipinski definition) is 2. The molecule has 0 radical (unpaired) electrons. The third-order valence-electron chi connectivity index (χ3n) is 3.80. The average Bonchev–Trinajstić information content (AvgIpc) is 2.44. The maximum absolute atomic E-state index is 6.14. The van der Waals surface area contributed by atoms with E-state index in [0.717, 1.165) is 24.6 Å².